The molecular weight excluding hydrogens is 254 g/mol. The minimum atomic E-state index is 0.519. The molecule has 0 aromatic carbocycles. The van der Waals surface area contributed by atoms with Crippen molar-refractivity contribution in [3.8, 4) is 0 Å². The molecule has 1 aromatic heterocycles. The van der Waals surface area contributed by atoms with Crippen molar-refractivity contribution < 1.29 is 4.74 Å². The van der Waals surface area contributed by atoms with Crippen molar-refractivity contribution in [2.24, 2.45) is 0 Å². The second-order valence-corrected chi connectivity index (χ2v) is 6.30. The normalized spacial score (nSPS) is 19.3. The molecule has 1 unspecified atom stereocenters. The number of aryl methyl sites for hydroxylation is 1. The van der Waals surface area contributed by atoms with E-state index in [9.17, 15) is 0 Å². The molecular formula is C13H20ClNOS. The summed E-state index contributed by atoms with van der Waals surface area (Å²) in [5, 5.41) is 3.64. The number of halogens is 1. The topological polar surface area (TPSA) is 21.3 Å². The van der Waals surface area contributed by atoms with Crippen molar-refractivity contribution in [2.45, 2.75) is 38.1 Å². The van der Waals surface area contributed by atoms with Gasteiger partial charge in [0, 0.05) is 24.6 Å². The Morgan fingerprint density at radius 1 is 1.53 bits per heavy atom. The predicted molar refractivity (Wildman–Crippen MR) is 74.1 cm³/mol. The molecule has 2 rings (SSSR count). The number of hydrogen-bond donors (Lipinski definition) is 1. The van der Waals surface area contributed by atoms with Gasteiger partial charge in [0.25, 0.3) is 0 Å². The summed E-state index contributed by atoms with van der Waals surface area (Å²) in [5.74, 6) is 0. The quantitative estimate of drug-likeness (QED) is 0.796. The number of thiophene rings is 1. The SMILES string of the molecule is COCCCCNC1CCCc2sc(Cl)cc21. The van der Waals surface area contributed by atoms with Crippen LogP contribution in [0, 0.1) is 0 Å². The summed E-state index contributed by atoms with van der Waals surface area (Å²) in [4.78, 5) is 1.48. The van der Waals surface area contributed by atoms with E-state index in [-0.39, 0.29) is 0 Å². The highest BCUT2D eigenvalue weighted by Crippen LogP contribution is 2.37. The summed E-state index contributed by atoms with van der Waals surface area (Å²) in [6.07, 6.45) is 6.03. The molecule has 1 atom stereocenters. The largest absolute Gasteiger partial charge is 0.385 e. The lowest BCUT2D eigenvalue weighted by atomic mass is 9.94. The third-order valence-corrected chi connectivity index (χ3v) is 4.59. The molecule has 0 bridgehead atoms. The van der Waals surface area contributed by atoms with Gasteiger partial charge in [0.15, 0.2) is 0 Å². The monoisotopic (exact) mass is 273 g/mol. The van der Waals surface area contributed by atoms with Gasteiger partial charge in [-0.1, -0.05) is 11.6 Å². The summed E-state index contributed by atoms with van der Waals surface area (Å²) in [5.41, 5.74) is 1.44. The van der Waals surface area contributed by atoms with Crippen LogP contribution in [-0.2, 0) is 11.2 Å². The minimum absolute atomic E-state index is 0.519. The molecule has 96 valence electrons. The number of fused-ring (bicyclic) bond motifs is 1. The average Bonchev–Trinajstić information content (AvgIpc) is 2.70. The van der Waals surface area contributed by atoms with Gasteiger partial charge in [-0.05, 0) is 50.3 Å². The molecule has 0 radical (unpaired) electrons. The average molecular weight is 274 g/mol. The van der Waals surface area contributed by atoms with Gasteiger partial charge in [-0.3, -0.25) is 0 Å². The first-order valence-electron chi connectivity index (χ1n) is 6.31. The lowest BCUT2D eigenvalue weighted by Crippen LogP contribution is -2.25. The zero-order valence-corrected chi connectivity index (χ0v) is 11.9. The van der Waals surface area contributed by atoms with E-state index in [1.165, 1.54) is 36.1 Å². The molecule has 2 nitrogen and oxygen atoms in total. The van der Waals surface area contributed by atoms with Crippen LogP contribution in [0.2, 0.25) is 4.34 Å². The summed E-state index contributed by atoms with van der Waals surface area (Å²) in [6, 6.07) is 2.66. The number of ether oxygens (including phenoxy) is 1. The number of rotatable bonds is 6. The van der Waals surface area contributed by atoms with E-state index < -0.39 is 0 Å². The van der Waals surface area contributed by atoms with E-state index in [1.54, 1.807) is 18.4 Å². The third-order valence-electron chi connectivity index (χ3n) is 3.25. The Hall–Kier alpha value is -0.0900. The molecule has 0 aliphatic heterocycles. The molecule has 1 aliphatic rings. The molecule has 1 N–H and O–H groups in total. The summed E-state index contributed by atoms with van der Waals surface area (Å²) < 4.78 is 5.98. The molecule has 0 saturated heterocycles. The Labute approximate surface area is 112 Å². The molecule has 0 fully saturated rings. The fraction of sp³-hybridized carbons (Fsp3) is 0.692. The molecule has 1 aromatic rings. The maximum atomic E-state index is 6.09. The van der Waals surface area contributed by atoms with E-state index >= 15 is 0 Å². The van der Waals surface area contributed by atoms with Gasteiger partial charge in [0.1, 0.15) is 0 Å². The van der Waals surface area contributed by atoms with E-state index in [1.807, 2.05) is 0 Å². The summed E-state index contributed by atoms with van der Waals surface area (Å²) >= 11 is 7.84. The predicted octanol–water partition coefficient (Wildman–Crippen LogP) is 3.80. The van der Waals surface area contributed by atoms with Crippen molar-refractivity contribution in [3.05, 3.63) is 20.8 Å². The van der Waals surface area contributed by atoms with E-state index in [0.717, 1.165) is 23.9 Å². The summed E-state index contributed by atoms with van der Waals surface area (Å²) in [7, 11) is 1.76. The first-order valence-corrected chi connectivity index (χ1v) is 7.51. The highest BCUT2D eigenvalue weighted by Gasteiger charge is 2.21. The van der Waals surface area contributed by atoms with Crippen molar-refractivity contribution in [1.29, 1.82) is 0 Å². The smallest absolute Gasteiger partial charge is 0.0934 e. The van der Waals surface area contributed by atoms with Crippen LogP contribution < -0.4 is 5.32 Å². The second kappa shape index (κ2) is 6.74. The molecule has 1 aliphatic carbocycles. The molecule has 0 saturated carbocycles. The van der Waals surface area contributed by atoms with Gasteiger partial charge < -0.3 is 10.1 Å². The first kappa shape index (κ1) is 13.3. The molecule has 1 heterocycles. The zero-order valence-electron chi connectivity index (χ0n) is 10.3. The lowest BCUT2D eigenvalue weighted by molar-refractivity contribution is 0.192. The van der Waals surface area contributed by atoms with Crippen LogP contribution in [-0.4, -0.2) is 20.3 Å². The van der Waals surface area contributed by atoms with Gasteiger partial charge in [0.2, 0.25) is 0 Å². The number of hydrogen-bond acceptors (Lipinski definition) is 3. The van der Waals surface area contributed by atoms with Crippen LogP contribution in [0.15, 0.2) is 6.07 Å². The van der Waals surface area contributed by atoms with Crippen molar-refractivity contribution >= 4 is 22.9 Å². The lowest BCUT2D eigenvalue weighted by Gasteiger charge is -2.23. The van der Waals surface area contributed by atoms with Crippen LogP contribution in [0.1, 0.15) is 42.2 Å². The van der Waals surface area contributed by atoms with Crippen LogP contribution in [0.5, 0.6) is 0 Å². The van der Waals surface area contributed by atoms with Crippen LogP contribution in [0.25, 0.3) is 0 Å². The molecule has 0 spiro atoms. The van der Waals surface area contributed by atoms with E-state index in [0.29, 0.717) is 6.04 Å². The van der Waals surface area contributed by atoms with Gasteiger partial charge in [-0.25, -0.2) is 0 Å². The molecule has 17 heavy (non-hydrogen) atoms. The van der Waals surface area contributed by atoms with E-state index in [4.69, 9.17) is 16.3 Å². The number of methoxy groups -OCH3 is 1. The van der Waals surface area contributed by atoms with Crippen LogP contribution in [0.4, 0.5) is 0 Å². The summed E-state index contributed by atoms with van der Waals surface area (Å²) in [6.45, 7) is 1.93. The highest BCUT2D eigenvalue weighted by molar-refractivity contribution is 7.16. The highest BCUT2D eigenvalue weighted by atomic mass is 35.5. The Kier molecular flexibility index (Phi) is 5.29. The fourth-order valence-corrected chi connectivity index (χ4v) is 3.76. The maximum Gasteiger partial charge on any atom is 0.0934 e. The standard InChI is InChI=1S/C13H20ClNOS/c1-16-8-3-2-7-15-11-5-4-6-12-10(11)9-13(14)17-12/h9,11,15H,2-8H2,1H3. The minimum Gasteiger partial charge on any atom is -0.385 e. The zero-order chi connectivity index (χ0) is 12.1. The Balaban J connectivity index is 1.82. The second-order valence-electron chi connectivity index (χ2n) is 4.53. The maximum absolute atomic E-state index is 6.09. The number of nitrogens with one attached hydrogen (secondary N) is 1. The van der Waals surface area contributed by atoms with Crippen LogP contribution in [0.3, 0.4) is 0 Å². The fourth-order valence-electron chi connectivity index (χ4n) is 2.38. The van der Waals surface area contributed by atoms with Crippen molar-refractivity contribution in [3.63, 3.8) is 0 Å². The van der Waals surface area contributed by atoms with E-state index in [2.05, 4.69) is 11.4 Å². The van der Waals surface area contributed by atoms with Gasteiger partial charge >= 0.3 is 0 Å². The Bertz CT molecular complexity index is 353. The Morgan fingerprint density at radius 2 is 2.41 bits per heavy atom. The molecule has 4 heteroatoms. The van der Waals surface area contributed by atoms with Gasteiger partial charge in [0.05, 0.1) is 4.34 Å². The van der Waals surface area contributed by atoms with Gasteiger partial charge in [-0.15, -0.1) is 11.3 Å². The third kappa shape index (κ3) is 3.68. The first-order chi connectivity index (χ1) is 8.31. The number of unbranched alkanes of at least 4 members (excludes halogenated alkanes) is 1. The van der Waals surface area contributed by atoms with Crippen LogP contribution >= 0.6 is 22.9 Å². The Morgan fingerprint density at radius 3 is 3.24 bits per heavy atom. The van der Waals surface area contributed by atoms with Crippen molar-refractivity contribution in [1.82, 2.24) is 5.32 Å². The van der Waals surface area contributed by atoms with Crippen molar-refractivity contribution in [2.75, 3.05) is 20.3 Å². The molecule has 0 amide bonds. The van der Waals surface area contributed by atoms with Gasteiger partial charge in [-0.2, -0.15) is 0 Å².